The van der Waals surface area contributed by atoms with E-state index >= 15 is 0 Å². The van der Waals surface area contributed by atoms with Crippen LogP contribution in [0.3, 0.4) is 0 Å². The SMILES string of the molecule is [2H][C@@H]1CC[C@@H]2CCCC[C@@]23c2cc(C(C)(C)C)ccc2NC13. The van der Waals surface area contributed by atoms with E-state index in [0.717, 1.165) is 12.3 Å². The maximum Gasteiger partial charge on any atom is 0.0381 e. The van der Waals surface area contributed by atoms with Crippen molar-refractivity contribution in [1.29, 1.82) is 0 Å². The molecule has 0 radical (unpaired) electrons. The van der Waals surface area contributed by atoms with Gasteiger partial charge in [-0.3, -0.25) is 0 Å². The summed E-state index contributed by atoms with van der Waals surface area (Å²) >= 11 is 0. The number of benzene rings is 1. The van der Waals surface area contributed by atoms with Crippen molar-refractivity contribution in [3.05, 3.63) is 29.3 Å². The fraction of sp³-hybridized carbons (Fsp3) is 0.700. The first kappa shape index (κ1) is 12.6. The highest BCUT2D eigenvalue weighted by Gasteiger charge is 2.54. The normalized spacial score (nSPS) is 38.8. The fourth-order valence-corrected chi connectivity index (χ4v) is 5.15. The van der Waals surface area contributed by atoms with Crippen molar-refractivity contribution in [2.45, 2.75) is 82.6 Å². The Morgan fingerprint density at radius 1 is 1.19 bits per heavy atom. The molecule has 0 saturated heterocycles. The summed E-state index contributed by atoms with van der Waals surface area (Å²) in [7, 11) is 0. The molecule has 1 nitrogen and oxygen atoms in total. The molecule has 1 heterocycles. The molecule has 2 fully saturated rings. The minimum Gasteiger partial charge on any atom is -0.381 e. The average Bonchev–Trinajstić information content (AvgIpc) is 2.81. The quantitative estimate of drug-likeness (QED) is 0.673. The van der Waals surface area contributed by atoms with Gasteiger partial charge in [0.1, 0.15) is 0 Å². The molecule has 4 rings (SSSR count). The maximum atomic E-state index is 8.61. The van der Waals surface area contributed by atoms with Crippen LogP contribution in [0.1, 0.15) is 78.2 Å². The maximum absolute atomic E-state index is 8.61. The largest absolute Gasteiger partial charge is 0.381 e. The van der Waals surface area contributed by atoms with Gasteiger partial charge in [0.05, 0.1) is 0 Å². The Labute approximate surface area is 130 Å². The summed E-state index contributed by atoms with van der Waals surface area (Å²) in [4.78, 5) is 0. The molecule has 1 unspecified atom stereocenters. The Morgan fingerprint density at radius 2 is 2.00 bits per heavy atom. The predicted octanol–water partition coefficient (Wildman–Crippen LogP) is 5.39. The summed E-state index contributed by atoms with van der Waals surface area (Å²) in [5.74, 6) is 0.789. The van der Waals surface area contributed by atoms with Gasteiger partial charge in [0.25, 0.3) is 0 Å². The molecule has 1 aromatic carbocycles. The monoisotopic (exact) mass is 284 g/mol. The number of anilines is 1. The van der Waals surface area contributed by atoms with Gasteiger partial charge in [0.15, 0.2) is 0 Å². The van der Waals surface area contributed by atoms with E-state index < -0.39 is 0 Å². The molecule has 3 aliphatic rings. The van der Waals surface area contributed by atoms with Crippen molar-refractivity contribution >= 4 is 5.69 Å². The Balaban J connectivity index is 1.87. The van der Waals surface area contributed by atoms with E-state index in [4.69, 9.17) is 1.37 Å². The molecule has 21 heavy (non-hydrogen) atoms. The third-order valence-corrected chi connectivity index (χ3v) is 6.29. The zero-order valence-electron chi connectivity index (χ0n) is 14.7. The highest BCUT2D eigenvalue weighted by Crippen LogP contribution is 2.58. The van der Waals surface area contributed by atoms with Crippen molar-refractivity contribution in [2.75, 3.05) is 5.32 Å². The minimum absolute atomic E-state index is 0.0554. The summed E-state index contributed by atoms with van der Waals surface area (Å²) in [6.07, 6.45) is 7.75. The van der Waals surface area contributed by atoms with Crippen molar-refractivity contribution in [1.82, 2.24) is 0 Å². The Morgan fingerprint density at radius 3 is 2.81 bits per heavy atom. The van der Waals surface area contributed by atoms with Crippen LogP contribution in [0, 0.1) is 5.92 Å². The topological polar surface area (TPSA) is 12.0 Å². The number of nitrogens with one attached hydrogen (secondary N) is 1. The molecule has 0 amide bonds. The lowest BCUT2D eigenvalue weighted by Crippen LogP contribution is -2.49. The van der Waals surface area contributed by atoms with Gasteiger partial charge in [0, 0.05) is 18.5 Å². The molecule has 1 aromatic rings. The standard InChI is InChI=1S/C20H29N/c1-19(2,3)15-10-11-17-16(13-15)20-12-5-4-7-14(20)8-6-9-18(20)21-17/h10-11,13-14,18,21H,4-9,12H2,1-3H3/t14-,18?,20-/m0/s1/i9D/t9-,14+,18?,20+/m1. The molecule has 1 spiro atoms. The van der Waals surface area contributed by atoms with E-state index in [1.54, 1.807) is 5.56 Å². The van der Waals surface area contributed by atoms with Gasteiger partial charge in [-0.05, 0) is 54.2 Å². The van der Waals surface area contributed by atoms with Gasteiger partial charge in [-0.1, -0.05) is 52.2 Å². The molecule has 0 bridgehead atoms. The number of rotatable bonds is 0. The van der Waals surface area contributed by atoms with E-state index in [-0.39, 0.29) is 17.2 Å². The van der Waals surface area contributed by atoms with Gasteiger partial charge < -0.3 is 5.32 Å². The van der Waals surface area contributed by atoms with Gasteiger partial charge in [-0.25, -0.2) is 0 Å². The van der Waals surface area contributed by atoms with E-state index in [1.165, 1.54) is 43.4 Å². The highest BCUT2D eigenvalue weighted by atomic mass is 15.0. The third kappa shape index (κ3) is 1.89. The molecule has 1 N–H and O–H groups in total. The van der Waals surface area contributed by atoms with Crippen LogP contribution in [0.15, 0.2) is 18.2 Å². The van der Waals surface area contributed by atoms with Crippen LogP contribution in [0.2, 0.25) is 0 Å². The molecule has 1 aliphatic heterocycles. The summed E-state index contributed by atoms with van der Waals surface area (Å²) in [5.41, 5.74) is 4.76. The lowest BCUT2D eigenvalue weighted by Gasteiger charge is -2.49. The summed E-state index contributed by atoms with van der Waals surface area (Å²) in [5, 5.41) is 3.77. The number of fused-ring (bicyclic) bond motifs is 1. The second-order valence-electron chi connectivity index (χ2n) is 8.43. The highest BCUT2D eigenvalue weighted by molar-refractivity contribution is 5.64. The average molecular weight is 284 g/mol. The van der Waals surface area contributed by atoms with Gasteiger partial charge >= 0.3 is 0 Å². The van der Waals surface area contributed by atoms with Crippen LogP contribution in [0.5, 0.6) is 0 Å². The third-order valence-electron chi connectivity index (χ3n) is 6.29. The van der Waals surface area contributed by atoms with Crippen LogP contribution in [0.25, 0.3) is 0 Å². The van der Waals surface area contributed by atoms with E-state index in [1.807, 2.05) is 0 Å². The Hall–Kier alpha value is -0.980. The predicted molar refractivity (Wildman–Crippen MR) is 90.0 cm³/mol. The first-order chi connectivity index (χ1) is 10.4. The summed E-state index contributed by atoms with van der Waals surface area (Å²) in [6.45, 7) is 6.91. The molecule has 1 heteroatoms. The van der Waals surface area contributed by atoms with Crippen LogP contribution in [-0.2, 0) is 10.8 Å². The first-order valence-corrected chi connectivity index (χ1v) is 8.77. The summed E-state index contributed by atoms with van der Waals surface area (Å²) < 4.78 is 8.61. The van der Waals surface area contributed by atoms with Gasteiger partial charge in [-0.15, -0.1) is 0 Å². The molecular formula is C20H29N. The van der Waals surface area contributed by atoms with Crippen molar-refractivity contribution in [3.8, 4) is 0 Å². The van der Waals surface area contributed by atoms with Crippen molar-refractivity contribution < 1.29 is 1.37 Å². The van der Waals surface area contributed by atoms with Crippen LogP contribution >= 0.6 is 0 Å². The lowest BCUT2D eigenvalue weighted by molar-refractivity contribution is 0.118. The van der Waals surface area contributed by atoms with E-state index in [9.17, 15) is 0 Å². The van der Waals surface area contributed by atoms with Crippen molar-refractivity contribution in [2.24, 2.45) is 5.92 Å². The lowest BCUT2D eigenvalue weighted by atomic mass is 9.55. The Kier molecular flexibility index (Phi) is 2.69. The van der Waals surface area contributed by atoms with Crippen LogP contribution in [0.4, 0.5) is 5.69 Å². The molecule has 2 aliphatic carbocycles. The zero-order valence-corrected chi connectivity index (χ0v) is 13.7. The second-order valence-corrected chi connectivity index (χ2v) is 8.43. The molecule has 114 valence electrons. The molecule has 2 saturated carbocycles. The number of hydrogen-bond donors (Lipinski definition) is 1. The summed E-state index contributed by atoms with van der Waals surface area (Å²) in [6, 6.07) is 7.41. The fourth-order valence-electron chi connectivity index (χ4n) is 5.15. The first-order valence-electron chi connectivity index (χ1n) is 9.34. The van der Waals surface area contributed by atoms with E-state index in [0.29, 0.717) is 6.04 Å². The minimum atomic E-state index is 0.0554. The molecule has 4 atom stereocenters. The van der Waals surface area contributed by atoms with Gasteiger partial charge in [0.2, 0.25) is 0 Å². The number of hydrogen-bond acceptors (Lipinski definition) is 1. The van der Waals surface area contributed by atoms with Crippen LogP contribution in [-0.4, -0.2) is 6.04 Å². The van der Waals surface area contributed by atoms with Gasteiger partial charge in [-0.2, -0.15) is 0 Å². The van der Waals surface area contributed by atoms with Crippen molar-refractivity contribution in [3.63, 3.8) is 0 Å². The van der Waals surface area contributed by atoms with E-state index in [2.05, 4.69) is 44.3 Å². The van der Waals surface area contributed by atoms with Crippen LogP contribution < -0.4 is 5.32 Å². The molecular weight excluding hydrogens is 254 g/mol. The Bertz CT molecular complexity index is 588. The smallest absolute Gasteiger partial charge is 0.0381 e. The second kappa shape index (κ2) is 4.51. The molecule has 0 aromatic heterocycles. The zero-order chi connectivity index (χ0) is 15.5.